The number of aromatic nitrogens is 2. The number of nitrogens with zero attached hydrogens (tertiary/aromatic N) is 2. The van der Waals surface area contributed by atoms with Crippen LogP contribution in [-0.2, 0) is 17.6 Å². The van der Waals surface area contributed by atoms with E-state index in [0.29, 0.717) is 5.75 Å². The molecule has 0 aliphatic heterocycles. The molecule has 4 rings (SSSR count). The fraction of sp³-hybridized carbons (Fsp3) is 0.273. The van der Waals surface area contributed by atoms with E-state index >= 15 is 0 Å². The number of aryl methyl sites for hydroxylation is 2. The second kappa shape index (κ2) is 8.01. The van der Waals surface area contributed by atoms with Gasteiger partial charge in [0.05, 0.1) is 18.1 Å². The molecule has 0 spiro atoms. The van der Waals surface area contributed by atoms with E-state index in [1.54, 1.807) is 24.3 Å². The molecule has 1 amide bonds. The Labute approximate surface area is 164 Å². The summed E-state index contributed by atoms with van der Waals surface area (Å²) in [5.74, 6) is 0.502. The van der Waals surface area contributed by atoms with Gasteiger partial charge in [0, 0.05) is 23.0 Å². The van der Waals surface area contributed by atoms with E-state index < -0.39 is 0 Å². The highest BCUT2D eigenvalue weighted by molar-refractivity contribution is 8.00. The average molecular weight is 378 g/mol. The average Bonchev–Trinajstić information content (AvgIpc) is 3.38. The Kier molecular flexibility index (Phi) is 5.30. The zero-order chi connectivity index (χ0) is 18.6. The SMILES string of the molecule is CC(NC(=O)CSc1ccc2c(c1)CCC2)c1ccc(-n2ccnc2)cc1. The first-order chi connectivity index (χ1) is 13.2. The zero-order valence-corrected chi connectivity index (χ0v) is 16.2. The van der Waals surface area contributed by atoms with E-state index in [1.807, 2.05) is 42.0 Å². The van der Waals surface area contributed by atoms with Crippen LogP contribution in [0.2, 0.25) is 0 Å². The molecule has 27 heavy (non-hydrogen) atoms. The van der Waals surface area contributed by atoms with Crippen molar-refractivity contribution in [3.05, 3.63) is 77.9 Å². The predicted octanol–water partition coefficient (Wildman–Crippen LogP) is 4.33. The summed E-state index contributed by atoms with van der Waals surface area (Å²) >= 11 is 1.61. The summed E-state index contributed by atoms with van der Waals surface area (Å²) in [6.45, 7) is 2.02. The largest absolute Gasteiger partial charge is 0.349 e. The lowest BCUT2D eigenvalue weighted by molar-refractivity contribution is -0.119. The van der Waals surface area contributed by atoms with E-state index in [2.05, 4.69) is 28.5 Å². The monoisotopic (exact) mass is 377 g/mol. The fourth-order valence-electron chi connectivity index (χ4n) is 3.50. The first-order valence-electron chi connectivity index (χ1n) is 9.31. The van der Waals surface area contributed by atoms with Crippen molar-refractivity contribution < 1.29 is 4.79 Å². The van der Waals surface area contributed by atoms with Crippen molar-refractivity contribution in [1.29, 1.82) is 0 Å². The fourth-order valence-corrected chi connectivity index (χ4v) is 4.27. The second-order valence-corrected chi connectivity index (χ2v) is 7.97. The van der Waals surface area contributed by atoms with Gasteiger partial charge in [-0.1, -0.05) is 18.2 Å². The summed E-state index contributed by atoms with van der Waals surface area (Å²) in [7, 11) is 0. The molecular formula is C22H23N3OS. The Morgan fingerprint density at radius 1 is 1.19 bits per heavy atom. The lowest BCUT2D eigenvalue weighted by atomic mass is 10.1. The maximum atomic E-state index is 12.3. The minimum Gasteiger partial charge on any atom is -0.349 e. The van der Waals surface area contributed by atoms with Gasteiger partial charge in [-0.3, -0.25) is 4.79 Å². The van der Waals surface area contributed by atoms with Gasteiger partial charge in [-0.2, -0.15) is 0 Å². The third-order valence-corrected chi connectivity index (χ3v) is 6.01. The van der Waals surface area contributed by atoms with Gasteiger partial charge in [-0.05, 0) is 67.1 Å². The summed E-state index contributed by atoms with van der Waals surface area (Å²) < 4.78 is 1.96. The number of hydrogen-bond donors (Lipinski definition) is 1. The van der Waals surface area contributed by atoms with Gasteiger partial charge in [-0.25, -0.2) is 4.98 Å². The first kappa shape index (κ1) is 17.9. The third kappa shape index (κ3) is 4.25. The quantitative estimate of drug-likeness (QED) is 0.651. The number of benzene rings is 2. The number of nitrogens with one attached hydrogen (secondary N) is 1. The molecule has 0 saturated heterocycles. The molecule has 1 unspecified atom stereocenters. The van der Waals surface area contributed by atoms with Crippen molar-refractivity contribution in [3.8, 4) is 5.69 Å². The van der Waals surface area contributed by atoms with Gasteiger partial charge >= 0.3 is 0 Å². The maximum Gasteiger partial charge on any atom is 0.230 e. The van der Waals surface area contributed by atoms with Gasteiger partial charge in [0.2, 0.25) is 5.91 Å². The summed E-state index contributed by atoms with van der Waals surface area (Å²) in [6.07, 6.45) is 9.06. The van der Waals surface area contributed by atoms with E-state index in [9.17, 15) is 4.79 Å². The molecule has 1 aliphatic rings. The van der Waals surface area contributed by atoms with Crippen LogP contribution in [0.3, 0.4) is 0 Å². The number of hydrogen-bond acceptors (Lipinski definition) is 3. The molecule has 2 aromatic carbocycles. The number of rotatable bonds is 6. The molecule has 0 bridgehead atoms. The molecule has 0 saturated carbocycles. The van der Waals surface area contributed by atoms with Crippen LogP contribution >= 0.6 is 11.8 Å². The number of thioether (sulfide) groups is 1. The smallest absolute Gasteiger partial charge is 0.230 e. The Bertz CT molecular complexity index is 919. The molecule has 0 fully saturated rings. The minimum absolute atomic E-state index is 0.0186. The van der Waals surface area contributed by atoms with Crippen molar-refractivity contribution in [2.24, 2.45) is 0 Å². The van der Waals surface area contributed by atoms with E-state index in [4.69, 9.17) is 0 Å². The maximum absolute atomic E-state index is 12.3. The lowest BCUT2D eigenvalue weighted by Crippen LogP contribution is -2.28. The van der Waals surface area contributed by atoms with E-state index in [1.165, 1.54) is 35.3 Å². The molecule has 1 aliphatic carbocycles. The third-order valence-electron chi connectivity index (χ3n) is 5.01. The highest BCUT2D eigenvalue weighted by atomic mass is 32.2. The highest BCUT2D eigenvalue weighted by Crippen LogP contribution is 2.27. The molecule has 4 nitrogen and oxygen atoms in total. The molecule has 138 valence electrons. The number of carbonyl (C=O) groups excluding carboxylic acids is 1. The van der Waals surface area contributed by atoms with Crippen LogP contribution in [-0.4, -0.2) is 21.2 Å². The lowest BCUT2D eigenvalue weighted by Gasteiger charge is -2.15. The molecule has 0 radical (unpaired) electrons. The molecule has 5 heteroatoms. The minimum atomic E-state index is -0.0186. The van der Waals surface area contributed by atoms with E-state index in [-0.39, 0.29) is 11.9 Å². The summed E-state index contributed by atoms with van der Waals surface area (Å²) in [5.41, 5.74) is 5.07. The van der Waals surface area contributed by atoms with Crippen LogP contribution in [0.1, 0.15) is 36.1 Å². The molecule has 1 heterocycles. The van der Waals surface area contributed by atoms with Crippen molar-refractivity contribution in [2.75, 3.05) is 5.75 Å². The second-order valence-electron chi connectivity index (χ2n) is 6.92. The zero-order valence-electron chi connectivity index (χ0n) is 15.4. The van der Waals surface area contributed by atoms with Gasteiger partial charge in [0.25, 0.3) is 0 Å². The Morgan fingerprint density at radius 3 is 2.78 bits per heavy atom. The van der Waals surface area contributed by atoms with Gasteiger partial charge in [0.1, 0.15) is 0 Å². The summed E-state index contributed by atoms with van der Waals surface area (Å²) in [4.78, 5) is 17.6. The van der Waals surface area contributed by atoms with Crippen LogP contribution < -0.4 is 5.32 Å². The van der Waals surface area contributed by atoms with Gasteiger partial charge in [0.15, 0.2) is 0 Å². The number of imidazole rings is 1. The van der Waals surface area contributed by atoms with Crippen LogP contribution in [0, 0.1) is 0 Å². The normalized spacial score (nSPS) is 14.0. The van der Waals surface area contributed by atoms with Crippen molar-refractivity contribution in [1.82, 2.24) is 14.9 Å². The van der Waals surface area contributed by atoms with Crippen LogP contribution in [0.5, 0.6) is 0 Å². The Morgan fingerprint density at radius 2 is 2.00 bits per heavy atom. The first-order valence-corrected chi connectivity index (χ1v) is 10.3. The molecule has 1 atom stereocenters. The Balaban J connectivity index is 1.31. The van der Waals surface area contributed by atoms with Crippen LogP contribution in [0.15, 0.2) is 66.1 Å². The standard InChI is InChI=1S/C22H23N3OS/c1-16(17-5-8-20(9-6-17)25-12-11-23-15-25)24-22(26)14-27-21-10-7-18-3-2-4-19(18)13-21/h5-13,15-16H,2-4,14H2,1H3,(H,24,26). The molecule has 1 N–H and O–H groups in total. The molecule has 3 aromatic rings. The summed E-state index contributed by atoms with van der Waals surface area (Å²) in [5, 5.41) is 3.09. The van der Waals surface area contributed by atoms with Crippen molar-refractivity contribution >= 4 is 17.7 Å². The van der Waals surface area contributed by atoms with Crippen LogP contribution in [0.25, 0.3) is 5.69 Å². The van der Waals surface area contributed by atoms with Crippen molar-refractivity contribution in [2.45, 2.75) is 37.1 Å². The Hall–Kier alpha value is -2.53. The number of fused-ring (bicyclic) bond motifs is 1. The topological polar surface area (TPSA) is 46.9 Å². The van der Waals surface area contributed by atoms with Crippen molar-refractivity contribution in [3.63, 3.8) is 0 Å². The highest BCUT2D eigenvalue weighted by Gasteiger charge is 2.13. The van der Waals surface area contributed by atoms with Crippen LogP contribution in [0.4, 0.5) is 0 Å². The summed E-state index contributed by atoms with van der Waals surface area (Å²) in [6, 6.07) is 14.8. The van der Waals surface area contributed by atoms with Gasteiger partial charge < -0.3 is 9.88 Å². The number of amides is 1. The predicted molar refractivity (Wildman–Crippen MR) is 109 cm³/mol. The number of carbonyl (C=O) groups is 1. The van der Waals surface area contributed by atoms with E-state index in [0.717, 1.165) is 11.3 Å². The molecular weight excluding hydrogens is 354 g/mol. The molecule has 1 aromatic heterocycles. The van der Waals surface area contributed by atoms with Gasteiger partial charge in [-0.15, -0.1) is 11.8 Å².